The summed E-state index contributed by atoms with van der Waals surface area (Å²) in [6.07, 6.45) is 0. The van der Waals surface area contributed by atoms with Crippen LogP contribution in [0, 0.1) is 0 Å². The van der Waals surface area contributed by atoms with Crippen LogP contribution in [0.3, 0.4) is 0 Å². The Hall–Kier alpha value is -2.20. The number of benzene rings is 2. The number of hydrogen-bond acceptors (Lipinski definition) is 3. The largest absolute Gasteiger partial charge is 0.495 e. The summed E-state index contributed by atoms with van der Waals surface area (Å²) in [6.45, 7) is 0. The van der Waals surface area contributed by atoms with Crippen molar-refractivity contribution in [1.82, 2.24) is 0 Å². The standard InChI is InChI=1S/C14H12ClNO3/c1-19-13-7-4-10(15)8-12(13)16-11-5-2-9(3-6-11)14(17)18/h2-8,16H,1H3,(H,17,18). The molecule has 98 valence electrons. The fraction of sp³-hybridized carbons (Fsp3) is 0.0714. The molecule has 0 aromatic heterocycles. The van der Waals surface area contributed by atoms with Gasteiger partial charge in [-0.15, -0.1) is 0 Å². The van der Waals surface area contributed by atoms with Crippen LogP contribution >= 0.6 is 11.6 Å². The molecular weight excluding hydrogens is 266 g/mol. The summed E-state index contributed by atoms with van der Waals surface area (Å²) in [5, 5.41) is 12.5. The second kappa shape index (κ2) is 5.63. The Kier molecular flexibility index (Phi) is 3.92. The van der Waals surface area contributed by atoms with E-state index in [0.29, 0.717) is 10.8 Å². The molecule has 0 spiro atoms. The van der Waals surface area contributed by atoms with Gasteiger partial charge in [0.25, 0.3) is 0 Å². The molecule has 2 aromatic carbocycles. The molecular formula is C14H12ClNO3. The van der Waals surface area contributed by atoms with E-state index in [1.807, 2.05) is 0 Å². The molecule has 0 aliphatic carbocycles. The normalized spacial score (nSPS) is 10.0. The smallest absolute Gasteiger partial charge is 0.335 e. The van der Waals surface area contributed by atoms with E-state index in [1.54, 1.807) is 37.4 Å². The van der Waals surface area contributed by atoms with Gasteiger partial charge in [0, 0.05) is 10.7 Å². The van der Waals surface area contributed by atoms with Crippen LogP contribution in [0.1, 0.15) is 10.4 Å². The van der Waals surface area contributed by atoms with E-state index in [2.05, 4.69) is 5.32 Å². The minimum absolute atomic E-state index is 0.239. The first kappa shape index (κ1) is 13.2. The fourth-order valence-corrected chi connectivity index (χ4v) is 1.80. The van der Waals surface area contributed by atoms with E-state index in [4.69, 9.17) is 21.4 Å². The van der Waals surface area contributed by atoms with Crippen LogP contribution in [0.2, 0.25) is 5.02 Å². The number of hydrogen-bond donors (Lipinski definition) is 2. The Morgan fingerprint density at radius 2 is 1.89 bits per heavy atom. The number of methoxy groups -OCH3 is 1. The van der Waals surface area contributed by atoms with E-state index in [9.17, 15) is 4.79 Å². The molecule has 0 aliphatic rings. The van der Waals surface area contributed by atoms with Crippen LogP contribution in [0.25, 0.3) is 0 Å². The van der Waals surface area contributed by atoms with Gasteiger partial charge in [0.2, 0.25) is 0 Å². The van der Waals surface area contributed by atoms with E-state index in [0.717, 1.165) is 11.4 Å². The second-order valence-corrected chi connectivity index (χ2v) is 4.29. The molecule has 0 saturated carbocycles. The molecule has 0 amide bonds. The van der Waals surface area contributed by atoms with Gasteiger partial charge < -0.3 is 15.2 Å². The molecule has 19 heavy (non-hydrogen) atoms. The number of carbonyl (C=O) groups is 1. The summed E-state index contributed by atoms with van der Waals surface area (Å²) in [5.74, 6) is -0.293. The lowest BCUT2D eigenvalue weighted by atomic mass is 10.2. The number of rotatable bonds is 4. The number of halogens is 1. The first-order valence-electron chi connectivity index (χ1n) is 5.54. The van der Waals surface area contributed by atoms with Gasteiger partial charge in [0.1, 0.15) is 5.75 Å². The lowest BCUT2D eigenvalue weighted by molar-refractivity contribution is 0.0697. The summed E-state index contributed by atoms with van der Waals surface area (Å²) in [6, 6.07) is 11.7. The monoisotopic (exact) mass is 277 g/mol. The van der Waals surface area contributed by atoms with Crippen molar-refractivity contribution < 1.29 is 14.6 Å². The van der Waals surface area contributed by atoms with Crippen molar-refractivity contribution in [3.63, 3.8) is 0 Å². The molecule has 0 radical (unpaired) electrons. The van der Waals surface area contributed by atoms with Gasteiger partial charge in [-0.3, -0.25) is 0 Å². The van der Waals surface area contributed by atoms with Crippen molar-refractivity contribution >= 4 is 28.9 Å². The molecule has 0 bridgehead atoms. The lowest BCUT2D eigenvalue weighted by Gasteiger charge is -2.11. The maximum atomic E-state index is 10.8. The van der Waals surface area contributed by atoms with Crippen molar-refractivity contribution in [2.75, 3.05) is 12.4 Å². The van der Waals surface area contributed by atoms with Gasteiger partial charge in [-0.1, -0.05) is 11.6 Å². The van der Waals surface area contributed by atoms with Gasteiger partial charge in [-0.25, -0.2) is 4.79 Å². The highest BCUT2D eigenvalue weighted by molar-refractivity contribution is 6.31. The summed E-state index contributed by atoms with van der Waals surface area (Å²) >= 11 is 5.93. The average Bonchev–Trinajstić information content (AvgIpc) is 2.39. The van der Waals surface area contributed by atoms with E-state index < -0.39 is 5.97 Å². The van der Waals surface area contributed by atoms with Gasteiger partial charge in [-0.2, -0.15) is 0 Å². The van der Waals surface area contributed by atoms with Crippen molar-refractivity contribution in [3.8, 4) is 5.75 Å². The number of aromatic carboxylic acids is 1. The zero-order chi connectivity index (χ0) is 13.8. The van der Waals surface area contributed by atoms with E-state index >= 15 is 0 Å². The van der Waals surface area contributed by atoms with Gasteiger partial charge >= 0.3 is 5.97 Å². The Morgan fingerprint density at radius 3 is 2.47 bits per heavy atom. The Balaban J connectivity index is 2.25. The maximum absolute atomic E-state index is 10.8. The SMILES string of the molecule is COc1ccc(Cl)cc1Nc1ccc(C(=O)O)cc1. The number of carboxylic acids is 1. The number of ether oxygens (including phenoxy) is 1. The highest BCUT2D eigenvalue weighted by atomic mass is 35.5. The molecule has 0 fully saturated rings. The predicted molar refractivity (Wildman–Crippen MR) is 74.7 cm³/mol. The zero-order valence-electron chi connectivity index (χ0n) is 10.2. The van der Waals surface area contributed by atoms with Crippen LogP contribution in [-0.4, -0.2) is 18.2 Å². The van der Waals surface area contributed by atoms with E-state index in [1.165, 1.54) is 12.1 Å². The first-order valence-corrected chi connectivity index (χ1v) is 5.92. The minimum atomic E-state index is -0.952. The third kappa shape index (κ3) is 3.17. The fourth-order valence-electron chi connectivity index (χ4n) is 1.63. The third-order valence-corrected chi connectivity index (χ3v) is 2.81. The van der Waals surface area contributed by atoms with Crippen LogP contribution in [-0.2, 0) is 0 Å². The van der Waals surface area contributed by atoms with Gasteiger partial charge in [0.15, 0.2) is 0 Å². The number of anilines is 2. The minimum Gasteiger partial charge on any atom is -0.495 e. The van der Waals surface area contributed by atoms with E-state index in [-0.39, 0.29) is 5.56 Å². The average molecular weight is 278 g/mol. The summed E-state index contributed by atoms with van der Waals surface area (Å²) in [4.78, 5) is 10.8. The predicted octanol–water partition coefficient (Wildman–Crippen LogP) is 3.79. The molecule has 0 atom stereocenters. The second-order valence-electron chi connectivity index (χ2n) is 3.85. The molecule has 2 N–H and O–H groups in total. The van der Waals surface area contributed by atoms with Crippen molar-refractivity contribution in [3.05, 3.63) is 53.1 Å². The molecule has 2 rings (SSSR count). The molecule has 0 saturated heterocycles. The maximum Gasteiger partial charge on any atom is 0.335 e. The number of carboxylic acid groups (broad SMARTS) is 1. The van der Waals surface area contributed by atoms with Crippen molar-refractivity contribution in [2.45, 2.75) is 0 Å². The molecule has 0 heterocycles. The highest BCUT2D eigenvalue weighted by Gasteiger charge is 2.05. The lowest BCUT2D eigenvalue weighted by Crippen LogP contribution is -1.97. The summed E-state index contributed by atoms with van der Waals surface area (Å²) in [5.41, 5.74) is 1.72. The quantitative estimate of drug-likeness (QED) is 0.893. The first-order chi connectivity index (χ1) is 9.10. The molecule has 4 nitrogen and oxygen atoms in total. The van der Waals surface area contributed by atoms with Crippen LogP contribution < -0.4 is 10.1 Å². The topological polar surface area (TPSA) is 58.6 Å². The van der Waals surface area contributed by atoms with Crippen LogP contribution in [0.5, 0.6) is 5.75 Å². The van der Waals surface area contributed by atoms with Gasteiger partial charge in [-0.05, 0) is 42.5 Å². The Bertz CT molecular complexity index is 596. The molecule has 2 aromatic rings. The highest BCUT2D eigenvalue weighted by Crippen LogP contribution is 2.30. The molecule has 0 aliphatic heterocycles. The van der Waals surface area contributed by atoms with Crippen molar-refractivity contribution in [2.24, 2.45) is 0 Å². The zero-order valence-corrected chi connectivity index (χ0v) is 10.9. The third-order valence-electron chi connectivity index (χ3n) is 2.57. The number of nitrogens with one attached hydrogen (secondary N) is 1. The Labute approximate surface area is 115 Å². The van der Waals surface area contributed by atoms with Crippen LogP contribution in [0.4, 0.5) is 11.4 Å². The molecule has 5 heteroatoms. The molecule has 0 unspecified atom stereocenters. The summed E-state index contributed by atoms with van der Waals surface area (Å²) < 4.78 is 5.22. The Morgan fingerprint density at radius 1 is 1.21 bits per heavy atom. The van der Waals surface area contributed by atoms with Gasteiger partial charge in [0.05, 0.1) is 18.4 Å². The van der Waals surface area contributed by atoms with Crippen molar-refractivity contribution in [1.29, 1.82) is 0 Å². The van der Waals surface area contributed by atoms with Crippen LogP contribution in [0.15, 0.2) is 42.5 Å². The summed E-state index contributed by atoms with van der Waals surface area (Å²) in [7, 11) is 1.57.